The number of nitrogens with two attached hydrogens (primary N) is 1. The summed E-state index contributed by atoms with van der Waals surface area (Å²) in [5.74, 6) is -0.499. The SMILES string of the molecule is CCS(=O)(=O)[C@@H]1[C@H](c2cccc(Cl)c2)[C@@]1(CN)NC(=O)OC(C)(C)C. The predicted molar refractivity (Wildman–Crippen MR) is 98.6 cm³/mol. The van der Waals surface area contributed by atoms with Crippen LogP contribution in [0.25, 0.3) is 0 Å². The summed E-state index contributed by atoms with van der Waals surface area (Å²) in [6, 6.07) is 6.96. The molecule has 3 atom stereocenters. The molecule has 1 aliphatic carbocycles. The van der Waals surface area contributed by atoms with Gasteiger partial charge in [0.15, 0.2) is 9.84 Å². The maximum atomic E-state index is 12.6. The van der Waals surface area contributed by atoms with E-state index in [0.29, 0.717) is 5.02 Å². The molecule has 0 radical (unpaired) electrons. The Morgan fingerprint density at radius 3 is 2.52 bits per heavy atom. The smallest absolute Gasteiger partial charge is 0.408 e. The Morgan fingerprint density at radius 1 is 1.40 bits per heavy atom. The summed E-state index contributed by atoms with van der Waals surface area (Å²) >= 11 is 6.05. The van der Waals surface area contributed by atoms with Crippen molar-refractivity contribution in [3.05, 3.63) is 34.9 Å². The Bertz CT molecular complexity index is 760. The summed E-state index contributed by atoms with van der Waals surface area (Å²) in [4.78, 5) is 12.3. The van der Waals surface area contributed by atoms with E-state index in [2.05, 4.69) is 5.32 Å². The predicted octanol–water partition coefficient (Wildman–Crippen LogP) is 2.46. The molecule has 0 spiro atoms. The van der Waals surface area contributed by atoms with E-state index in [1.165, 1.54) is 0 Å². The molecule has 0 unspecified atom stereocenters. The number of carbonyl (C=O) groups is 1. The molecule has 0 aromatic heterocycles. The van der Waals surface area contributed by atoms with Crippen molar-refractivity contribution in [3.63, 3.8) is 0 Å². The third kappa shape index (κ3) is 4.10. The first kappa shape index (κ1) is 20.0. The molecule has 2 rings (SSSR count). The second kappa shape index (κ2) is 6.78. The van der Waals surface area contributed by atoms with Crippen molar-refractivity contribution in [1.82, 2.24) is 5.32 Å². The Kier molecular flexibility index (Phi) is 5.42. The van der Waals surface area contributed by atoms with E-state index >= 15 is 0 Å². The molecular formula is C17H25ClN2O4S. The summed E-state index contributed by atoms with van der Waals surface area (Å²) in [7, 11) is -3.44. The number of halogens is 1. The van der Waals surface area contributed by atoms with Gasteiger partial charge in [-0.25, -0.2) is 13.2 Å². The zero-order chi connectivity index (χ0) is 19.0. The van der Waals surface area contributed by atoms with Gasteiger partial charge in [0.25, 0.3) is 0 Å². The number of ether oxygens (including phenoxy) is 1. The van der Waals surface area contributed by atoms with Gasteiger partial charge < -0.3 is 15.8 Å². The molecule has 1 amide bonds. The van der Waals surface area contributed by atoms with Crippen molar-refractivity contribution in [2.75, 3.05) is 12.3 Å². The summed E-state index contributed by atoms with van der Waals surface area (Å²) < 4.78 is 30.5. The summed E-state index contributed by atoms with van der Waals surface area (Å²) in [6.45, 7) is 6.78. The first-order chi connectivity index (χ1) is 11.5. The lowest BCUT2D eigenvalue weighted by molar-refractivity contribution is 0.0497. The molecule has 6 nitrogen and oxygen atoms in total. The first-order valence-electron chi connectivity index (χ1n) is 8.15. The van der Waals surface area contributed by atoms with E-state index in [9.17, 15) is 13.2 Å². The van der Waals surface area contributed by atoms with Crippen LogP contribution in [0.1, 0.15) is 39.2 Å². The van der Waals surface area contributed by atoms with Crippen LogP contribution in [0.3, 0.4) is 0 Å². The summed E-state index contributed by atoms with van der Waals surface area (Å²) in [5.41, 5.74) is 4.86. The maximum Gasteiger partial charge on any atom is 0.408 e. The van der Waals surface area contributed by atoms with Crippen LogP contribution in [0, 0.1) is 0 Å². The summed E-state index contributed by atoms with van der Waals surface area (Å²) in [5, 5.41) is 2.42. The van der Waals surface area contributed by atoms with E-state index in [1.807, 2.05) is 0 Å². The highest BCUT2D eigenvalue weighted by Gasteiger charge is 2.71. The molecule has 0 saturated heterocycles. The number of hydrogen-bond acceptors (Lipinski definition) is 5. The second-order valence-electron chi connectivity index (χ2n) is 7.28. The van der Waals surface area contributed by atoms with Crippen LogP contribution in [0.15, 0.2) is 24.3 Å². The fraction of sp³-hybridized carbons (Fsp3) is 0.588. The lowest BCUT2D eigenvalue weighted by Crippen LogP contribution is -2.49. The highest BCUT2D eigenvalue weighted by atomic mass is 35.5. The third-order valence-electron chi connectivity index (χ3n) is 4.32. The minimum Gasteiger partial charge on any atom is -0.444 e. The lowest BCUT2D eigenvalue weighted by atomic mass is 10.1. The highest BCUT2D eigenvalue weighted by molar-refractivity contribution is 7.92. The van der Waals surface area contributed by atoms with E-state index in [-0.39, 0.29) is 12.3 Å². The van der Waals surface area contributed by atoms with E-state index in [4.69, 9.17) is 22.1 Å². The van der Waals surface area contributed by atoms with E-state index in [1.54, 1.807) is 52.0 Å². The van der Waals surface area contributed by atoms with E-state index < -0.39 is 38.2 Å². The molecule has 1 saturated carbocycles. The highest BCUT2D eigenvalue weighted by Crippen LogP contribution is 2.55. The van der Waals surface area contributed by atoms with Crippen LogP contribution in [0.2, 0.25) is 5.02 Å². The number of hydrogen-bond donors (Lipinski definition) is 2. The van der Waals surface area contributed by atoms with Gasteiger partial charge in [-0.15, -0.1) is 0 Å². The van der Waals surface area contributed by atoms with Gasteiger partial charge in [0.1, 0.15) is 5.60 Å². The number of sulfone groups is 1. The Morgan fingerprint density at radius 2 is 2.04 bits per heavy atom. The fourth-order valence-corrected chi connectivity index (χ4v) is 5.46. The molecule has 1 fully saturated rings. The standard InChI is InChI=1S/C17H25ClN2O4S/c1-5-25(22,23)14-13(11-7-6-8-12(18)9-11)17(14,10-19)20-15(21)24-16(2,3)4/h6-9,13-14H,5,10,19H2,1-4H3,(H,20,21)/t13-,14+,17+/m0/s1. The average Bonchev–Trinajstić information content (AvgIpc) is 3.15. The normalized spacial score (nSPS) is 26.2. The molecule has 0 heterocycles. The molecule has 1 aliphatic rings. The van der Waals surface area contributed by atoms with Crippen LogP contribution in [0.4, 0.5) is 4.79 Å². The molecule has 140 valence electrons. The average molecular weight is 389 g/mol. The van der Waals surface area contributed by atoms with Gasteiger partial charge in [-0.2, -0.15) is 0 Å². The number of benzene rings is 1. The molecule has 0 bridgehead atoms. The van der Waals surface area contributed by atoms with Gasteiger partial charge in [-0.3, -0.25) is 0 Å². The zero-order valence-corrected chi connectivity index (χ0v) is 16.4. The number of nitrogens with one attached hydrogen (secondary N) is 1. The largest absolute Gasteiger partial charge is 0.444 e. The van der Waals surface area contributed by atoms with Crippen molar-refractivity contribution in [2.45, 2.75) is 50.0 Å². The van der Waals surface area contributed by atoms with Crippen LogP contribution in [0.5, 0.6) is 0 Å². The van der Waals surface area contributed by atoms with Gasteiger partial charge in [-0.05, 0) is 38.5 Å². The van der Waals surface area contributed by atoms with Gasteiger partial charge in [0, 0.05) is 23.2 Å². The van der Waals surface area contributed by atoms with Gasteiger partial charge in [-0.1, -0.05) is 30.7 Å². The Hall–Kier alpha value is -1.31. The van der Waals surface area contributed by atoms with Crippen LogP contribution < -0.4 is 11.1 Å². The quantitative estimate of drug-likeness (QED) is 0.807. The number of alkyl carbamates (subject to hydrolysis) is 1. The molecule has 1 aromatic rings. The zero-order valence-electron chi connectivity index (χ0n) is 14.9. The minimum atomic E-state index is -3.44. The van der Waals surface area contributed by atoms with Crippen molar-refractivity contribution < 1.29 is 17.9 Å². The lowest BCUT2D eigenvalue weighted by Gasteiger charge is -2.24. The first-order valence-corrected chi connectivity index (χ1v) is 10.2. The molecule has 3 N–H and O–H groups in total. The van der Waals surface area contributed by atoms with Crippen molar-refractivity contribution in [3.8, 4) is 0 Å². The van der Waals surface area contributed by atoms with Crippen LogP contribution >= 0.6 is 11.6 Å². The molecule has 8 heteroatoms. The van der Waals surface area contributed by atoms with Crippen LogP contribution in [-0.4, -0.2) is 43.2 Å². The molecule has 25 heavy (non-hydrogen) atoms. The van der Waals surface area contributed by atoms with Crippen molar-refractivity contribution in [1.29, 1.82) is 0 Å². The second-order valence-corrected chi connectivity index (χ2v) is 10.1. The van der Waals surface area contributed by atoms with Crippen LogP contribution in [-0.2, 0) is 14.6 Å². The minimum absolute atomic E-state index is 0.0205. The monoisotopic (exact) mass is 388 g/mol. The maximum absolute atomic E-state index is 12.6. The molecule has 0 aliphatic heterocycles. The summed E-state index contributed by atoms with van der Waals surface area (Å²) in [6.07, 6.45) is -0.682. The van der Waals surface area contributed by atoms with Crippen molar-refractivity contribution in [2.24, 2.45) is 5.73 Å². The number of carbonyl (C=O) groups excluding carboxylic acids is 1. The van der Waals surface area contributed by atoms with Gasteiger partial charge >= 0.3 is 6.09 Å². The van der Waals surface area contributed by atoms with Gasteiger partial charge in [0.05, 0.1) is 10.8 Å². The Balaban J connectivity index is 2.40. The van der Waals surface area contributed by atoms with Gasteiger partial charge in [0.2, 0.25) is 0 Å². The fourth-order valence-electron chi connectivity index (χ4n) is 3.22. The number of amides is 1. The van der Waals surface area contributed by atoms with Crippen molar-refractivity contribution >= 4 is 27.5 Å². The third-order valence-corrected chi connectivity index (χ3v) is 6.83. The molecular weight excluding hydrogens is 364 g/mol. The Labute approximate surface area is 154 Å². The molecule has 1 aromatic carbocycles. The topological polar surface area (TPSA) is 98.5 Å². The van der Waals surface area contributed by atoms with E-state index in [0.717, 1.165) is 5.56 Å². The number of rotatable bonds is 5.